The van der Waals surface area contributed by atoms with Gasteiger partial charge in [-0.25, -0.2) is 9.86 Å². The summed E-state index contributed by atoms with van der Waals surface area (Å²) in [4.78, 5) is 14.6. The normalized spacial score (nSPS) is 15.3. The predicted molar refractivity (Wildman–Crippen MR) is 98.6 cm³/mol. The van der Waals surface area contributed by atoms with E-state index in [0.717, 1.165) is 12.8 Å². The highest BCUT2D eigenvalue weighted by Gasteiger charge is 2.26. The molecule has 0 aromatic heterocycles. The van der Waals surface area contributed by atoms with Crippen LogP contribution in [0.15, 0.2) is 12.1 Å². The number of hydrogen-bond donors (Lipinski definition) is 2. The molecule has 3 N–H and O–H groups in total. The smallest absolute Gasteiger partial charge is 0.274 e. The van der Waals surface area contributed by atoms with E-state index < -0.39 is 10.2 Å². The van der Waals surface area contributed by atoms with Crippen molar-refractivity contribution in [3.8, 4) is 17.6 Å². The number of nitriles is 1. The Morgan fingerprint density at radius 2 is 1.89 bits per heavy atom. The molecular formula is C17H24N4O5S. The Morgan fingerprint density at radius 1 is 1.30 bits per heavy atom. The fourth-order valence-electron chi connectivity index (χ4n) is 3.15. The third-order valence-electron chi connectivity index (χ3n) is 4.63. The average Bonchev–Trinajstić information content (AvgIpc) is 2.65. The lowest BCUT2D eigenvalue weighted by Gasteiger charge is -2.32. The van der Waals surface area contributed by atoms with E-state index >= 15 is 0 Å². The summed E-state index contributed by atoms with van der Waals surface area (Å²) in [6.07, 6.45) is 2.18. The molecule has 0 bridgehead atoms. The first-order chi connectivity index (χ1) is 12.8. The monoisotopic (exact) mass is 396 g/mol. The molecule has 0 saturated carbocycles. The van der Waals surface area contributed by atoms with Gasteiger partial charge in [0.05, 0.1) is 25.3 Å². The Labute approximate surface area is 159 Å². The summed E-state index contributed by atoms with van der Waals surface area (Å²) in [6, 6.07) is 5.06. The molecule has 10 heteroatoms. The lowest BCUT2D eigenvalue weighted by atomic mass is 9.93. The number of hydrogen-bond acceptors (Lipinski definition) is 6. The van der Waals surface area contributed by atoms with Crippen LogP contribution < -0.4 is 19.3 Å². The second-order valence-corrected chi connectivity index (χ2v) is 7.71. The first-order valence-electron chi connectivity index (χ1n) is 8.51. The number of rotatable bonds is 7. The highest BCUT2D eigenvalue weighted by atomic mass is 32.2. The van der Waals surface area contributed by atoms with Gasteiger partial charge in [0.25, 0.3) is 16.1 Å². The summed E-state index contributed by atoms with van der Waals surface area (Å²) in [7, 11) is -0.733. The molecule has 0 spiro atoms. The lowest BCUT2D eigenvalue weighted by Crippen LogP contribution is -2.40. The Hall–Kier alpha value is -2.35. The first-order valence-corrected chi connectivity index (χ1v) is 10.1. The summed E-state index contributed by atoms with van der Waals surface area (Å²) >= 11 is 0. The summed E-state index contributed by atoms with van der Waals surface area (Å²) < 4.78 is 34.5. The second kappa shape index (κ2) is 9.03. The zero-order valence-electron chi connectivity index (χ0n) is 15.4. The van der Waals surface area contributed by atoms with Gasteiger partial charge >= 0.3 is 0 Å². The molecule has 0 radical (unpaired) electrons. The molecule has 1 aromatic carbocycles. The van der Waals surface area contributed by atoms with Crippen LogP contribution in [-0.4, -0.2) is 53.1 Å². The van der Waals surface area contributed by atoms with Gasteiger partial charge in [-0.15, -0.1) is 0 Å². The molecule has 1 fully saturated rings. The minimum atomic E-state index is -3.67. The van der Waals surface area contributed by atoms with Crippen molar-refractivity contribution in [2.75, 3.05) is 33.9 Å². The summed E-state index contributed by atoms with van der Waals surface area (Å²) in [6.45, 7) is 1.36. The van der Waals surface area contributed by atoms with E-state index in [0.29, 0.717) is 36.9 Å². The Balaban J connectivity index is 2.02. The first kappa shape index (κ1) is 21.0. The van der Waals surface area contributed by atoms with Crippen molar-refractivity contribution < 1.29 is 22.7 Å². The molecule has 2 rings (SSSR count). The minimum absolute atomic E-state index is 0.228. The van der Waals surface area contributed by atoms with Gasteiger partial charge in [0.1, 0.15) is 6.07 Å². The van der Waals surface area contributed by atoms with Crippen molar-refractivity contribution in [2.24, 2.45) is 11.1 Å². The largest absolute Gasteiger partial charge is 0.493 e. The maximum absolute atomic E-state index is 12.9. The molecule has 0 aliphatic carbocycles. The maximum atomic E-state index is 12.9. The van der Waals surface area contributed by atoms with Gasteiger partial charge in [0, 0.05) is 25.7 Å². The van der Waals surface area contributed by atoms with Crippen molar-refractivity contribution in [2.45, 2.75) is 19.3 Å². The fourth-order valence-corrected chi connectivity index (χ4v) is 3.55. The van der Waals surface area contributed by atoms with Gasteiger partial charge in [-0.3, -0.25) is 4.79 Å². The zero-order chi connectivity index (χ0) is 20.0. The fraction of sp³-hybridized carbons (Fsp3) is 0.529. The summed E-state index contributed by atoms with van der Waals surface area (Å²) in [5.41, 5.74) is 0.515. The van der Waals surface area contributed by atoms with Crippen LogP contribution in [0.1, 0.15) is 35.2 Å². The maximum Gasteiger partial charge on any atom is 0.274 e. The second-order valence-electron chi connectivity index (χ2n) is 6.33. The van der Waals surface area contributed by atoms with E-state index in [1.165, 1.54) is 26.4 Å². The molecule has 1 aliphatic heterocycles. The van der Waals surface area contributed by atoms with E-state index in [4.69, 9.17) is 14.6 Å². The number of amides is 1. The predicted octanol–water partition coefficient (Wildman–Crippen LogP) is 0.611. The van der Waals surface area contributed by atoms with Crippen molar-refractivity contribution in [1.82, 2.24) is 9.62 Å². The molecule has 1 saturated heterocycles. The topological polar surface area (TPSA) is 135 Å². The van der Waals surface area contributed by atoms with Crippen LogP contribution in [0, 0.1) is 17.2 Å². The quantitative estimate of drug-likeness (QED) is 0.693. The van der Waals surface area contributed by atoms with Crippen molar-refractivity contribution in [1.29, 1.82) is 5.26 Å². The summed E-state index contributed by atoms with van der Waals surface area (Å²) in [5, 5.41) is 14.3. The molecule has 9 nitrogen and oxygen atoms in total. The van der Waals surface area contributed by atoms with Crippen LogP contribution in [0.4, 0.5) is 0 Å². The Kier molecular flexibility index (Phi) is 7.01. The van der Waals surface area contributed by atoms with Crippen LogP contribution in [-0.2, 0) is 10.2 Å². The third kappa shape index (κ3) is 5.56. The zero-order valence-corrected chi connectivity index (χ0v) is 16.2. The van der Waals surface area contributed by atoms with Crippen molar-refractivity contribution >= 4 is 16.1 Å². The number of carbonyl (C=O) groups is 1. The van der Waals surface area contributed by atoms with Crippen LogP contribution in [0.3, 0.4) is 0 Å². The van der Waals surface area contributed by atoms with Gasteiger partial charge in [-0.05, 0) is 31.2 Å². The highest BCUT2D eigenvalue weighted by Crippen LogP contribution is 2.31. The van der Waals surface area contributed by atoms with Gasteiger partial charge in [0.15, 0.2) is 11.5 Å². The summed E-state index contributed by atoms with van der Waals surface area (Å²) in [5.74, 6) is 0.869. The Bertz CT molecular complexity index is 826. The van der Waals surface area contributed by atoms with Gasteiger partial charge in [-0.1, -0.05) is 0 Å². The standard InChI is InChI=1S/C17H24N4O5S/c1-25-15-9-13(11-18)14(10-16(15)26-2)17(22)21-7-4-12(5-8-21)3-6-20-27(19,23)24/h9-10,12,20H,3-8H2,1-2H3,(H2,19,23,24). The van der Waals surface area contributed by atoms with E-state index in [-0.39, 0.29) is 23.6 Å². The Morgan fingerprint density at radius 3 is 2.41 bits per heavy atom. The number of piperidine rings is 1. The van der Waals surface area contributed by atoms with Crippen LogP contribution in [0.5, 0.6) is 11.5 Å². The van der Waals surface area contributed by atoms with Crippen molar-refractivity contribution in [3.05, 3.63) is 23.3 Å². The van der Waals surface area contributed by atoms with Gasteiger partial charge in [0.2, 0.25) is 0 Å². The number of carbonyl (C=O) groups excluding carboxylic acids is 1. The van der Waals surface area contributed by atoms with Crippen LogP contribution in [0.2, 0.25) is 0 Å². The molecule has 1 aromatic rings. The average molecular weight is 396 g/mol. The number of nitrogens with one attached hydrogen (secondary N) is 1. The van der Waals surface area contributed by atoms with Gasteiger partial charge in [-0.2, -0.15) is 13.7 Å². The van der Waals surface area contributed by atoms with E-state index in [1.54, 1.807) is 4.90 Å². The van der Waals surface area contributed by atoms with Crippen LogP contribution in [0.25, 0.3) is 0 Å². The van der Waals surface area contributed by atoms with Gasteiger partial charge < -0.3 is 14.4 Å². The van der Waals surface area contributed by atoms with E-state index in [9.17, 15) is 18.5 Å². The third-order valence-corrected chi connectivity index (χ3v) is 5.24. The lowest BCUT2D eigenvalue weighted by molar-refractivity contribution is 0.0687. The van der Waals surface area contributed by atoms with E-state index in [2.05, 4.69) is 4.72 Å². The SMILES string of the molecule is COc1cc(C#N)c(C(=O)N2CCC(CCNS(N)(=O)=O)CC2)cc1OC. The number of nitrogens with two attached hydrogens (primary N) is 1. The molecule has 1 heterocycles. The minimum Gasteiger partial charge on any atom is -0.493 e. The number of methoxy groups -OCH3 is 2. The molecule has 148 valence electrons. The molecule has 27 heavy (non-hydrogen) atoms. The number of ether oxygens (including phenoxy) is 2. The molecular weight excluding hydrogens is 372 g/mol. The van der Waals surface area contributed by atoms with Crippen LogP contribution >= 0.6 is 0 Å². The number of nitrogens with zero attached hydrogens (tertiary/aromatic N) is 2. The molecule has 1 amide bonds. The molecule has 0 atom stereocenters. The van der Waals surface area contributed by atoms with E-state index in [1.807, 2.05) is 6.07 Å². The van der Waals surface area contributed by atoms with Crippen molar-refractivity contribution in [3.63, 3.8) is 0 Å². The molecule has 0 unspecified atom stereocenters. The highest BCUT2D eigenvalue weighted by molar-refractivity contribution is 7.87. The number of benzene rings is 1. The number of likely N-dealkylation sites (tertiary alicyclic amines) is 1. The molecule has 1 aliphatic rings.